The maximum atomic E-state index is 13.2. The van der Waals surface area contributed by atoms with E-state index in [-0.39, 0.29) is 11.9 Å². The highest BCUT2D eigenvalue weighted by Gasteiger charge is 2.45. The number of fused-ring (bicyclic) bond motifs is 1. The van der Waals surface area contributed by atoms with Gasteiger partial charge >= 0.3 is 0 Å². The topological polar surface area (TPSA) is 88.6 Å². The second-order valence-electron chi connectivity index (χ2n) is 7.74. The van der Waals surface area contributed by atoms with Gasteiger partial charge in [-0.1, -0.05) is 34.1 Å². The molecule has 4 rings (SSSR count). The van der Waals surface area contributed by atoms with Crippen LogP contribution in [0.25, 0.3) is 11.1 Å². The third-order valence-corrected chi connectivity index (χ3v) is 6.22. The molecule has 0 saturated carbocycles. The van der Waals surface area contributed by atoms with E-state index in [9.17, 15) is 4.79 Å². The minimum atomic E-state index is -0.513. The predicted octanol–water partition coefficient (Wildman–Crippen LogP) is 3.88. The summed E-state index contributed by atoms with van der Waals surface area (Å²) in [6.45, 7) is 1.18. The molecule has 6 nitrogen and oxygen atoms in total. The number of carbonyl (C=O) groups excluding carboxylic acids is 1. The number of nitrogens with one attached hydrogen (secondary N) is 1. The molecule has 2 aromatic rings. The number of hydrogen-bond donors (Lipinski definition) is 2. The molecule has 2 aliphatic heterocycles. The van der Waals surface area contributed by atoms with Crippen LogP contribution in [0.4, 0.5) is 0 Å². The Morgan fingerprint density at radius 3 is 2.76 bits per heavy atom. The Morgan fingerprint density at radius 2 is 2.07 bits per heavy atom. The fourth-order valence-corrected chi connectivity index (χ4v) is 4.56. The molecule has 3 N–H and O–H groups in total. The number of benzene rings is 2. The van der Waals surface area contributed by atoms with E-state index < -0.39 is 11.5 Å². The zero-order valence-corrected chi connectivity index (χ0v) is 17.9. The van der Waals surface area contributed by atoms with Crippen molar-refractivity contribution in [3.05, 3.63) is 52.5 Å². The van der Waals surface area contributed by atoms with Gasteiger partial charge in [-0.25, -0.2) is 0 Å². The van der Waals surface area contributed by atoms with Gasteiger partial charge in [0.1, 0.15) is 11.4 Å². The summed E-state index contributed by atoms with van der Waals surface area (Å²) >= 11 is 3.52. The fraction of sp³-hybridized carbons (Fsp3) is 0.364. The van der Waals surface area contributed by atoms with Crippen LogP contribution in [-0.4, -0.2) is 42.6 Å². The highest BCUT2D eigenvalue weighted by Crippen LogP contribution is 2.46. The minimum absolute atomic E-state index is 0.196. The van der Waals surface area contributed by atoms with Gasteiger partial charge in [0, 0.05) is 30.1 Å². The first kappa shape index (κ1) is 19.9. The predicted molar refractivity (Wildman–Crippen MR) is 115 cm³/mol. The van der Waals surface area contributed by atoms with Gasteiger partial charge in [0.25, 0.3) is 0 Å². The maximum absolute atomic E-state index is 13.2. The normalized spacial score (nSPS) is 23.2. The van der Waals surface area contributed by atoms with E-state index in [0.29, 0.717) is 25.4 Å². The number of nitrogens with two attached hydrogens (primary N) is 1. The van der Waals surface area contributed by atoms with Crippen LogP contribution < -0.4 is 10.5 Å². The summed E-state index contributed by atoms with van der Waals surface area (Å²) < 4.78 is 13.1. The van der Waals surface area contributed by atoms with Crippen molar-refractivity contribution in [1.82, 2.24) is 4.90 Å². The van der Waals surface area contributed by atoms with E-state index in [1.54, 1.807) is 7.05 Å². The van der Waals surface area contributed by atoms with Crippen LogP contribution in [0.2, 0.25) is 0 Å². The Balaban J connectivity index is 1.78. The van der Waals surface area contributed by atoms with Crippen LogP contribution >= 0.6 is 15.9 Å². The summed E-state index contributed by atoms with van der Waals surface area (Å²) in [5.74, 6) is -0.198. The Labute approximate surface area is 178 Å². The van der Waals surface area contributed by atoms with Gasteiger partial charge in [-0.15, -0.1) is 0 Å². The van der Waals surface area contributed by atoms with E-state index in [1.807, 2.05) is 42.5 Å². The SMILES string of the molecule is CN(C(=N)N)C(=O)C1C[C@@]2(CCCOC2)Oc2ccc(-c3cccc(Br)c3)cc21. The van der Waals surface area contributed by atoms with Crippen molar-refractivity contribution >= 4 is 27.8 Å². The zero-order chi connectivity index (χ0) is 20.6. The quantitative estimate of drug-likeness (QED) is 0.528. The van der Waals surface area contributed by atoms with Crippen LogP contribution in [0.15, 0.2) is 46.9 Å². The van der Waals surface area contributed by atoms with E-state index in [4.69, 9.17) is 20.6 Å². The molecule has 29 heavy (non-hydrogen) atoms. The van der Waals surface area contributed by atoms with Gasteiger partial charge in [-0.3, -0.25) is 15.1 Å². The van der Waals surface area contributed by atoms with E-state index in [0.717, 1.165) is 34.0 Å². The van der Waals surface area contributed by atoms with Gasteiger partial charge in [0.15, 0.2) is 5.96 Å². The Bertz CT molecular complexity index is 956. The molecule has 1 spiro atoms. The summed E-state index contributed by atoms with van der Waals surface area (Å²) in [5, 5.41) is 7.69. The number of hydrogen-bond acceptors (Lipinski definition) is 4. The first-order valence-electron chi connectivity index (χ1n) is 9.67. The van der Waals surface area contributed by atoms with Crippen molar-refractivity contribution in [2.45, 2.75) is 30.8 Å². The van der Waals surface area contributed by atoms with Crippen molar-refractivity contribution < 1.29 is 14.3 Å². The average molecular weight is 458 g/mol. The number of likely N-dealkylation sites (N-methyl/N-ethyl adjacent to an activating group) is 1. The molecule has 0 bridgehead atoms. The second-order valence-corrected chi connectivity index (χ2v) is 8.66. The van der Waals surface area contributed by atoms with Gasteiger partial charge in [-0.2, -0.15) is 0 Å². The molecule has 1 amide bonds. The number of rotatable bonds is 2. The number of ether oxygens (including phenoxy) is 2. The number of amides is 1. The van der Waals surface area contributed by atoms with Gasteiger partial charge < -0.3 is 15.2 Å². The van der Waals surface area contributed by atoms with Gasteiger partial charge in [0.05, 0.1) is 12.5 Å². The van der Waals surface area contributed by atoms with Gasteiger partial charge in [0.2, 0.25) is 5.91 Å². The van der Waals surface area contributed by atoms with Crippen LogP contribution in [0, 0.1) is 5.41 Å². The Morgan fingerprint density at radius 1 is 1.28 bits per heavy atom. The number of nitrogens with zero attached hydrogens (tertiary/aromatic N) is 1. The molecular formula is C22H24BrN3O3. The van der Waals surface area contributed by atoms with Crippen molar-refractivity contribution in [3.8, 4) is 16.9 Å². The summed E-state index contributed by atoms with van der Waals surface area (Å²) in [4.78, 5) is 14.4. The zero-order valence-electron chi connectivity index (χ0n) is 16.3. The highest BCUT2D eigenvalue weighted by atomic mass is 79.9. The molecule has 0 aliphatic carbocycles. The molecule has 0 aromatic heterocycles. The molecule has 0 radical (unpaired) electrons. The molecule has 2 aromatic carbocycles. The van der Waals surface area contributed by atoms with Crippen molar-refractivity contribution in [3.63, 3.8) is 0 Å². The lowest BCUT2D eigenvalue weighted by atomic mass is 9.78. The largest absolute Gasteiger partial charge is 0.485 e. The molecule has 1 saturated heterocycles. The van der Waals surface area contributed by atoms with Crippen molar-refractivity contribution in [1.29, 1.82) is 5.41 Å². The monoisotopic (exact) mass is 457 g/mol. The molecule has 152 valence electrons. The Kier molecular flexibility index (Phi) is 5.36. The molecule has 1 unspecified atom stereocenters. The fourth-order valence-electron chi connectivity index (χ4n) is 4.16. The molecule has 2 atom stereocenters. The molecule has 2 aliphatic rings. The van der Waals surface area contributed by atoms with Crippen molar-refractivity contribution in [2.75, 3.05) is 20.3 Å². The average Bonchev–Trinajstić information content (AvgIpc) is 2.72. The summed E-state index contributed by atoms with van der Waals surface area (Å²) in [6, 6.07) is 14.0. The first-order chi connectivity index (χ1) is 13.9. The van der Waals surface area contributed by atoms with E-state index >= 15 is 0 Å². The lowest BCUT2D eigenvalue weighted by Gasteiger charge is -2.44. The minimum Gasteiger partial charge on any atom is -0.485 e. The first-order valence-corrected chi connectivity index (χ1v) is 10.5. The number of guanidine groups is 1. The number of carbonyl (C=O) groups is 1. The summed E-state index contributed by atoms with van der Waals surface area (Å²) in [5.41, 5.74) is 7.97. The lowest BCUT2D eigenvalue weighted by Crippen LogP contribution is -2.51. The summed E-state index contributed by atoms with van der Waals surface area (Å²) in [6.07, 6.45) is 2.25. The third-order valence-electron chi connectivity index (χ3n) is 5.72. The van der Waals surface area contributed by atoms with Crippen LogP contribution in [-0.2, 0) is 9.53 Å². The van der Waals surface area contributed by atoms with Crippen LogP contribution in [0.3, 0.4) is 0 Å². The van der Waals surface area contributed by atoms with Gasteiger partial charge in [-0.05, 0) is 48.2 Å². The molecule has 2 heterocycles. The van der Waals surface area contributed by atoms with E-state index in [2.05, 4.69) is 15.9 Å². The smallest absolute Gasteiger partial charge is 0.236 e. The van der Waals surface area contributed by atoms with Crippen LogP contribution in [0.5, 0.6) is 5.75 Å². The number of halogens is 1. The summed E-state index contributed by atoms with van der Waals surface area (Å²) in [7, 11) is 1.54. The maximum Gasteiger partial charge on any atom is 0.236 e. The van der Waals surface area contributed by atoms with Crippen molar-refractivity contribution in [2.24, 2.45) is 5.73 Å². The molecule has 1 fully saturated rings. The highest BCUT2D eigenvalue weighted by molar-refractivity contribution is 9.10. The van der Waals surface area contributed by atoms with E-state index in [1.165, 1.54) is 4.90 Å². The second kappa shape index (κ2) is 7.80. The Hall–Kier alpha value is -2.38. The van der Waals surface area contributed by atoms with Crippen LogP contribution in [0.1, 0.15) is 30.7 Å². The third kappa shape index (κ3) is 3.89. The standard InChI is InChI=1S/C22H24BrN3O3/c1-26(21(24)25)20(27)18-12-22(8-3-9-28-13-22)29-19-7-6-15(11-17(18)19)14-4-2-5-16(23)10-14/h2,4-7,10-11,18H,3,8-9,12-13H2,1H3,(H3,24,25)/t18?,22-/m1/s1. The molecular weight excluding hydrogens is 434 g/mol. The molecule has 7 heteroatoms. The lowest BCUT2D eigenvalue weighted by molar-refractivity contribution is -0.133.